The van der Waals surface area contributed by atoms with Gasteiger partial charge >= 0.3 is 0 Å². The van der Waals surface area contributed by atoms with E-state index >= 15 is 0 Å². The fourth-order valence-electron chi connectivity index (χ4n) is 3.09. The number of hydrogen-bond donors (Lipinski definition) is 2. The number of benzene rings is 1. The summed E-state index contributed by atoms with van der Waals surface area (Å²) in [6, 6.07) is 7.27. The van der Waals surface area contributed by atoms with E-state index in [1.807, 2.05) is 12.1 Å². The Morgan fingerprint density at radius 2 is 2.11 bits per heavy atom. The van der Waals surface area contributed by atoms with Crippen molar-refractivity contribution in [3.05, 3.63) is 29.8 Å². The maximum absolute atomic E-state index is 10.7. The van der Waals surface area contributed by atoms with Crippen LogP contribution in [0.2, 0.25) is 0 Å². The molecule has 0 bridgehead atoms. The second-order valence-corrected chi connectivity index (χ2v) is 5.78. The van der Waals surface area contributed by atoms with Crippen molar-refractivity contribution in [1.82, 2.24) is 0 Å². The fourth-order valence-corrected chi connectivity index (χ4v) is 3.09. The summed E-state index contributed by atoms with van der Waals surface area (Å²) in [5, 5.41) is 20.2. The molecule has 2 unspecified atom stereocenters. The molecule has 1 aromatic carbocycles. The summed E-state index contributed by atoms with van der Waals surface area (Å²) >= 11 is 0. The maximum atomic E-state index is 10.7. The van der Waals surface area contributed by atoms with Crippen molar-refractivity contribution < 1.29 is 10.2 Å². The van der Waals surface area contributed by atoms with Gasteiger partial charge in [0.05, 0.1) is 5.60 Å². The quantitative estimate of drug-likeness (QED) is 0.801. The first-order chi connectivity index (χ1) is 8.61. The van der Waals surface area contributed by atoms with Crippen LogP contribution in [0.5, 0.6) is 5.75 Å². The first-order valence-corrected chi connectivity index (χ1v) is 7.11. The van der Waals surface area contributed by atoms with Gasteiger partial charge in [-0.1, -0.05) is 38.3 Å². The standard InChI is InChI=1S/C16H24O2/c1-2-13-6-4-9-16(18,10-8-13)12-14-5-3-7-15(17)11-14/h3,5,7,11,13,17-18H,2,4,6,8-10,12H2,1H3. The van der Waals surface area contributed by atoms with Gasteiger partial charge in [0.15, 0.2) is 0 Å². The molecule has 100 valence electrons. The molecule has 1 saturated carbocycles. The van der Waals surface area contributed by atoms with E-state index in [1.165, 1.54) is 12.8 Å². The molecule has 2 nitrogen and oxygen atoms in total. The average molecular weight is 248 g/mol. The summed E-state index contributed by atoms with van der Waals surface area (Å²) < 4.78 is 0. The van der Waals surface area contributed by atoms with Crippen molar-refractivity contribution in [1.29, 1.82) is 0 Å². The summed E-state index contributed by atoms with van der Waals surface area (Å²) in [6.07, 6.45) is 7.17. The van der Waals surface area contributed by atoms with E-state index in [4.69, 9.17) is 0 Å². The largest absolute Gasteiger partial charge is 0.508 e. The Morgan fingerprint density at radius 3 is 2.83 bits per heavy atom. The molecule has 2 atom stereocenters. The molecule has 1 aromatic rings. The zero-order valence-electron chi connectivity index (χ0n) is 11.2. The highest BCUT2D eigenvalue weighted by molar-refractivity contribution is 5.28. The first-order valence-electron chi connectivity index (χ1n) is 7.11. The summed E-state index contributed by atoms with van der Waals surface area (Å²) in [5.74, 6) is 1.07. The van der Waals surface area contributed by atoms with Gasteiger partial charge in [0, 0.05) is 6.42 Å². The van der Waals surface area contributed by atoms with Crippen LogP contribution in [0.1, 0.15) is 51.0 Å². The average Bonchev–Trinajstić information content (AvgIpc) is 2.51. The van der Waals surface area contributed by atoms with Crippen molar-refractivity contribution in [2.24, 2.45) is 5.92 Å². The summed E-state index contributed by atoms with van der Waals surface area (Å²) in [5.41, 5.74) is 0.463. The van der Waals surface area contributed by atoms with Crippen LogP contribution in [0.3, 0.4) is 0 Å². The third-order valence-corrected chi connectivity index (χ3v) is 4.29. The molecule has 0 radical (unpaired) electrons. The summed E-state index contributed by atoms with van der Waals surface area (Å²) in [6.45, 7) is 2.24. The van der Waals surface area contributed by atoms with Gasteiger partial charge < -0.3 is 10.2 Å². The van der Waals surface area contributed by atoms with Crippen molar-refractivity contribution >= 4 is 0 Å². The van der Waals surface area contributed by atoms with E-state index in [2.05, 4.69) is 6.92 Å². The molecule has 2 N–H and O–H groups in total. The van der Waals surface area contributed by atoms with Gasteiger partial charge in [0.2, 0.25) is 0 Å². The second kappa shape index (κ2) is 5.75. The Bertz CT molecular complexity index is 388. The van der Waals surface area contributed by atoms with Crippen LogP contribution in [0, 0.1) is 5.92 Å². The molecule has 0 amide bonds. The second-order valence-electron chi connectivity index (χ2n) is 5.78. The molecule has 0 heterocycles. The minimum absolute atomic E-state index is 0.288. The molecule has 1 aliphatic rings. The normalized spacial score (nSPS) is 28.9. The molecule has 1 aliphatic carbocycles. The third-order valence-electron chi connectivity index (χ3n) is 4.29. The molecule has 0 aliphatic heterocycles. The van der Waals surface area contributed by atoms with Gasteiger partial charge in [-0.2, -0.15) is 0 Å². The molecular weight excluding hydrogens is 224 g/mol. The van der Waals surface area contributed by atoms with Crippen LogP contribution in [0.15, 0.2) is 24.3 Å². The van der Waals surface area contributed by atoms with Gasteiger partial charge in [0.1, 0.15) is 5.75 Å². The van der Waals surface area contributed by atoms with Crippen LogP contribution in [-0.2, 0) is 6.42 Å². The van der Waals surface area contributed by atoms with Gasteiger partial charge in [-0.05, 0) is 42.9 Å². The highest BCUT2D eigenvalue weighted by Gasteiger charge is 2.30. The SMILES string of the molecule is CCC1CCCC(O)(Cc2cccc(O)c2)CC1. The van der Waals surface area contributed by atoms with E-state index in [9.17, 15) is 10.2 Å². The lowest BCUT2D eigenvalue weighted by Gasteiger charge is -2.27. The van der Waals surface area contributed by atoms with E-state index in [1.54, 1.807) is 12.1 Å². The Hall–Kier alpha value is -1.02. The van der Waals surface area contributed by atoms with Crippen LogP contribution in [0.25, 0.3) is 0 Å². The zero-order valence-corrected chi connectivity index (χ0v) is 11.2. The van der Waals surface area contributed by atoms with Gasteiger partial charge in [-0.3, -0.25) is 0 Å². The minimum atomic E-state index is -0.572. The highest BCUT2D eigenvalue weighted by atomic mass is 16.3. The molecule has 0 aromatic heterocycles. The molecule has 2 rings (SSSR count). The smallest absolute Gasteiger partial charge is 0.115 e. The lowest BCUT2D eigenvalue weighted by atomic mass is 9.87. The van der Waals surface area contributed by atoms with Crippen molar-refractivity contribution in [3.8, 4) is 5.75 Å². The number of rotatable bonds is 3. The van der Waals surface area contributed by atoms with E-state index in [0.29, 0.717) is 6.42 Å². The number of aromatic hydroxyl groups is 1. The number of phenols is 1. The Labute approximate surface area is 110 Å². The first kappa shape index (κ1) is 13.4. The molecule has 0 spiro atoms. The van der Waals surface area contributed by atoms with Gasteiger partial charge in [-0.25, -0.2) is 0 Å². The highest BCUT2D eigenvalue weighted by Crippen LogP contribution is 2.34. The Kier molecular flexibility index (Phi) is 4.28. The van der Waals surface area contributed by atoms with Crippen molar-refractivity contribution in [2.45, 2.75) is 57.5 Å². The Balaban J connectivity index is 2.02. The third kappa shape index (κ3) is 3.49. The minimum Gasteiger partial charge on any atom is -0.508 e. The molecule has 18 heavy (non-hydrogen) atoms. The predicted molar refractivity (Wildman–Crippen MR) is 73.6 cm³/mol. The number of aliphatic hydroxyl groups is 1. The van der Waals surface area contributed by atoms with Crippen molar-refractivity contribution in [2.75, 3.05) is 0 Å². The number of hydrogen-bond acceptors (Lipinski definition) is 2. The molecule has 1 fully saturated rings. The molecule has 0 saturated heterocycles. The van der Waals surface area contributed by atoms with Gasteiger partial charge in [-0.15, -0.1) is 0 Å². The predicted octanol–water partition coefficient (Wildman–Crippen LogP) is 3.66. The van der Waals surface area contributed by atoms with Crippen LogP contribution in [-0.4, -0.2) is 15.8 Å². The fraction of sp³-hybridized carbons (Fsp3) is 0.625. The van der Waals surface area contributed by atoms with E-state index in [0.717, 1.165) is 37.2 Å². The maximum Gasteiger partial charge on any atom is 0.115 e. The lowest BCUT2D eigenvalue weighted by molar-refractivity contribution is 0.0241. The zero-order chi connectivity index (χ0) is 13.0. The van der Waals surface area contributed by atoms with E-state index < -0.39 is 5.60 Å². The summed E-state index contributed by atoms with van der Waals surface area (Å²) in [7, 11) is 0. The molecule has 2 heteroatoms. The molecular formula is C16H24O2. The Morgan fingerprint density at radius 1 is 1.28 bits per heavy atom. The van der Waals surface area contributed by atoms with Crippen LogP contribution in [0.4, 0.5) is 0 Å². The monoisotopic (exact) mass is 248 g/mol. The van der Waals surface area contributed by atoms with Gasteiger partial charge in [0.25, 0.3) is 0 Å². The topological polar surface area (TPSA) is 40.5 Å². The van der Waals surface area contributed by atoms with Crippen LogP contribution >= 0.6 is 0 Å². The van der Waals surface area contributed by atoms with Crippen LogP contribution < -0.4 is 0 Å². The lowest BCUT2D eigenvalue weighted by Crippen LogP contribution is -2.30. The summed E-state index contributed by atoms with van der Waals surface area (Å²) in [4.78, 5) is 0. The number of phenolic OH excluding ortho intramolecular Hbond substituents is 1. The van der Waals surface area contributed by atoms with Crippen molar-refractivity contribution in [3.63, 3.8) is 0 Å². The van der Waals surface area contributed by atoms with E-state index in [-0.39, 0.29) is 5.75 Å².